The van der Waals surface area contributed by atoms with Gasteiger partial charge in [-0.15, -0.1) is 0 Å². The summed E-state index contributed by atoms with van der Waals surface area (Å²) in [5.74, 6) is 1.26. The average Bonchev–Trinajstić information content (AvgIpc) is 3.03. The van der Waals surface area contributed by atoms with Gasteiger partial charge in [0.05, 0.1) is 6.61 Å². The number of carbonyl (C=O) groups excluding carboxylic acids is 1. The predicted molar refractivity (Wildman–Crippen MR) is 76.8 cm³/mol. The molecule has 23 heavy (non-hydrogen) atoms. The highest BCUT2D eigenvalue weighted by molar-refractivity contribution is 7.86. The van der Waals surface area contributed by atoms with Crippen LogP contribution in [0.25, 0.3) is 0 Å². The first kappa shape index (κ1) is 18.4. The van der Waals surface area contributed by atoms with Gasteiger partial charge in [0.25, 0.3) is 0 Å². The molecule has 0 aromatic rings. The molecule has 3 unspecified atom stereocenters. The van der Waals surface area contributed by atoms with Crippen molar-refractivity contribution in [3.8, 4) is 0 Å². The average molecular weight is 354 g/mol. The van der Waals surface area contributed by atoms with E-state index in [1.165, 1.54) is 12.8 Å². The Morgan fingerprint density at radius 1 is 1.22 bits per heavy atom. The van der Waals surface area contributed by atoms with E-state index in [4.69, 9.17) is 4.74 Å². The van der Waals surface area contributed by atoms with Crippen LogP contribution in [0.2, 0.25) is 0 Å². The molecule has 2 aliphatic rings. The molecule has 0 radical (unpaired) electrons. The molecule has 0 aromatic carbocycles. The summed E-state index contributed by atoms with van der Waals surface area (Å²) in [6.45, 7) is 0.0857. The second-order valence-electron chi connectivity index (χ2n) is 6.46. The fourth-order valence-electron chi connectivity index (χ4n) is 3.51. The van der Waals surface area contributed by atoms with Crippen molar-refractivity contribution in [3.63, 3.8) is 0 Å². The van der Waals surface area contributed by atoms with Crippen molar-refractivity contribution >= 4 is 16.2 Å². The van der Waals surface area contributed by atoms with Crippen molar-refractivity contribution < 1.29 is 31.3 Å². The Bertz CT molecular complexity index is 525. The third-order valence-electron chi connectivity index (χ3n) is 4.75. The Hall–Kier alpha value is -0.960. The maximum Gasteiger partial charge on any atom is 0.407 e. The lowest BCUT2D eigenvalue weighted by atomic mass is 9.96. The van der Waals surface area contributed by atoms with E-state index in [1.54, 1.807) is 0 Å². The molecular formula is C14H22F2NO5S-. The Balaban J connectivity index is 1.53. The molecule has 134 valence electrons. The number of nitrogens with one attached hydrogen (secondary N) is 1. The number of alkyl carbamates (subject to hydrolysis) is 1. The number of rotatable bonds is 8. The van der Waals surface area contributed by atoms with E-state index in [1.807, 2.05) is 0 Å². The molecule has 3 atom stereocenters. The number of carbonyl (C=O) groups is 1. The Morgan fingerprint density at radius 3 is 2.52 bits per heavy atom. The standard InChI is InChI=1S/C14H23F2NO5S/c15-14(16,23(19,20)21)6-2-1-3-7-22-13(18)17-12-9-10-4-5-11(12)8-10/h10-12H,1-9H2,(H,17,18)(H,19,20,21)/p-1. The summed E-state index contributed by atoms with van der Waals surface area (Å²) in [5.41, 5.74) is 0. The topological polar surface area (TPSA) is 95.5 Å². The highest BCUT2D eigenvalue weighted by Gasteiger charge is 2.40. The lowest BCUT2D eigenvalue weighted by molar-refractivity contribution is 0.0662. The van der Waals surface area contributed by atoms with Gasteiger partial charge < -0.3 is 14.6 Å². The highest BCUT2D eigenvalue weighted by atomic mass is 32.2. The van der Waals surface area contributed by atoms with Crippen molar-refractivity contribution in [2.24, 2.45) is 11.8 Å². The van der Waals surface area contributed by atoms with Crippen LogP contribution in [0.15, 0.2) is 0 Å². The highest BCUT2D eigenvalue weighted by Crippen LogP contribution is 2.44. The van der Waals surface area contributed by atoms with Gasteiger partial charge in [-0.25, -0.2) is 13.2 Å². The van der Waals surface area contributed by atoms with Crippen molar-refractivity contribution in [2.45, 2.75) is 62.7 Å². The second kappa shape index (κ2) is 7.29. The summed E-state index contributed by atoms with van der Waals surface area (Å²) < 4.78 is 61.6. The SMILES string of the molecule is O=C(NC1CC2CCC1C2)OCCCCCC(F)(F)S(=O)(=O)[O-]. The van der Waals surface area contributed by atoms with Crippen molar-refractivity contribution in [2.75, 3.05) is 6.61 Å². The molecule has 0 heterocycles. The molecule has 2 fully saturated rings. The molecule has 6 nitrogen and oxygen atoms in total. The summed E-state index contributed by atoms with van der Waals surface area (Å²) in [6.07, 6.45) is 3.54. The first-order valence-corrected chi connectivity index (χ1v) is 9.36. The molecular weight excluding hydrogens is 332 g/mol. The monoisotopic (exact) mass is 354 g/mol. The maximum atomic E-state index is 12.9. The minimum absolute atomic E-state index is 0.0857. The van der Waals surface area contributed by atoms with Gasteiger partial charge in [0.1, 0.15) is 0 Å². The van der Waals surface area contributed by atoms with Crippen LogP contribution in [0.4, 0.5) is 13.6 Å². The van der Waals surface area contributed by atoms with Crippen molar-refractivity contribution in [1.29, 1.82) is 0 Å². The third kappa shape index (κ3) is 5.00. The Kier molecular flexibility index (Phi) is 5.83. The van der Waals surface area contributed by atoms with Gasteiger partial charge in [0.15, 0.2) is 10.1 Å². The minimum Gasteiger partial charge on any atom is -0.743 e. The lowest BCUT2D eigenvalue weighted by Crippen LogP contribution is -2.38. The third-order valence-corrected chi connectivity index (χ3v) is 5.69. The summed E-state index contributed by atoms with van der Waals surface area (Å²) in [4.78, 5) is 11.6. The second-order valence-corrected chi connectivity index (χ2v) is 7.97. The van der Waals surface area contributed by atoms with E-state index < -0.39 is 27.9 Å². The van der Waals surface area contributed by atoms with Gasteiger partial charge in [0.2, 0.25) is 0 Å². The molecule has 0 aromatic heterocycles. The number of unbranched alkanes of at least 4 members (excludes halogenated alkanes) is 2. The quantitative estimate of drug-likeness (QED) is 0.534. The minimum atomic E-state index is -5.60. The summed E-state index contributed by atoms with van der Waals surface area (Å²) in [6, 6.07) is 0.183. The first-order chi connectivity index (χ1) is 10.7. The molecule has 2 aliphatic carbocycles. The molecule has 2 bridgehead atoms. The summed E-state index contributed by atoms with van der Waals surface area (Å²) in [5, 5.41) is -1.39. The van der Waals surface area contributed by atoms with E-state index in [2.05, 4.69) is 5.32 Å². The molecule has 0 aliphatic heterocycles. The van der Waals surface area contributed by atoms with Gasteiger partial charge in [-0.05, 0) is 50.4 Å². The summed E-state index contributed by atoms with van der Waals surface area (Å²) in [7, 11) is -5.60. The van der Waals surface area contributed by atoms with Crippen LogP contribution in [0, 0.1) is 11.8 Å². The zero-order chi connectivity index (χ0) is 17.1. The number of fused-ring (bicyclic) bond motifs is 2. The van der Waals surface area contributed by atoms with Crippen LogP contribution < -0.4 is 5.32 Å². The maximum absolute atomic E-state index is 12.9. The largest absolute Gasteiger partial charge is 0.743 e. The van der Waals surface area contributed by atoms with E-state index in [9.17, 15) is 26.5 Å². The number of alkyl halides is 2. The van der Waals surface area contributed by atoms with Gasteiger partial charge in [-0.2, -0.15) is 8.78 Å². The zero-order valence-corrected chi connectivity index (χ0v) is 13.6. The molecule has 2 saturated carbocycles. The normalized spacial score (nSPS) is 27.2. The molecule has 2 rings (SSSR count). The molecule has 1 N–H and O–H groups in total. The fourth-order valence-corrected chi connectivity index (χ4v) is 3.91. The molecule has 0 saturated heterocycles. The zero-order valence-electron chi connectivity index (χ0n) is 12.8. The van der Waals surface area contributed by atoms with E-state index in [0.717, 1.165) is 12.8 Å². The van der Waals surface area contributed by atoms with Crippen molar-refractivity contribution in [1.82, 2.24) is 5.32 Å². The molecule has 1 amide bonds. The fraction of sp³-hybridized carbons (Fsp3) is 0.929. The van der Waals surface area contributed by atoms with Crippen LogP contribution in [0.1, 0.15) is 51.4 Å². The van der Waals surface area contributed by atoms with Crippen LogP contribution in [-0.4, -0.2) is 37.0 Å². The Labute approximate surface area is 134 Å². The van der Waals surface area contributed by atoms with Crippen LogP contribution in [0.5, 0.6) is 0 Å². The predicted octanol–water partition coefficient (Wildman–Crippen LogP) is 2.60. The number of halogens is 2. The lowest BCUT2D eigenvalue weighted by Gasteiger charge is -2.22. The molecule has 9 heteroatoms. The summed E-state index contributed by atoms with van der Waals surface area (Å²) >= 11 is 0. The first-order valence-electron chi connectivity index (χ1n) is 7.95. The Morgan fingerprint density at radius 2 is 1.96 bits per heavy atom. The van der Waals surface area contributed by atoms with Crippen LogP contribution >= 0.6 is 0 Å². The van der Waals surface area contributed by atoms with Gasteiger partial charge in [-0.1, -0.05) is 6.42 Å². The van der Waals surface area contributed by atoms with E-state index in [-0.39, 0.29) is 25.5 Å². The van der Waals surface area contributed by atoms with Crippen LogP contribution in [-0.2, 0) is 14.9 Å². The smallest absolute Gasteiger partial charge is 0.407 e. The van der Waals surface area contributed by atoms with Gasteiger partial charge in [0, 0.05) is 12.5 Å². The van der Waals surface area contributed by atoms with Crippen molar-refractivity contribution in [3.05, 3.63) is 0 Å². The van der Waals surface area contributed by atoms with Gasteiger partial charge in [-0.3, -0.25) is 0 Å². The number of ether oxygens (including phenoxy) is 1. The number of hydrogen-bond donors (Lipinski definition) is 1. The van der Waals surface area contributed by atoms with Gasteiger partial charge >= 0.3 is 11.3 Å². The van der Waals surface area contributed by atoms with E-state index in [0.29, 0.717) is 18.3 Å². The molecule has 0 spiro atoms. The number of amides is 1. The number of hydrogen-bond acceptors (Lipinski definition) is 5. The van der Waals surface area contributed by atoms with Crippen LogP contribution in [0.3, 0.4) is 0 Å². The van der Waals surface area contributed by atoms with E-state index >= 15 is 0 Å².